The van der Waals surface area contributed by atoms with Crippen molar-refractivity contribution in [3.8, 4) is 0 Å². The Labute approximate surface area is 127 Å². The van der Waals surface area contributed by atoms with Crippen LogP contribution < -0.4 is 4.90 Å². The molecule has 2 rings (SSSR count). The monoisotopic (exact) mass is 295 g/mol. The molecule has 1 aromatic rings. The number of halogens is 1. The molecule has 1 fully saturated rings. The zero-order chi connectivity index (χ0) is 14.8. The molecule has 0 saturated carbocycles. The predicted molar refractivity (Wildman–Crippen MR) is 86.8 cm³/mol. The lowest BCUT2D eigenvalue weighted by molar-refractivity contribution is 0.360. The first-order chi connectivity index (χ1) is 9.40. The van der Waals surface area contributed by atoms with Crippen molar-refractivity contribution in [3.63, 3.8) is 0 Å². The van der Waals surface area contributed by atoms with Gasteiger partial charge in [0.1, 0.15) is 5.82 Å². The van der Waals surface area contributed by atoms with Gasteiger partial charge in [-0.1, -0.05) is 20.8 Å². The third-order valence-corrected chi connectivity index (χ3v) is 4.15. The Morgan fingerprint density at radius 1 is 1.15 bits per heavy atom. The lowest BCUT2D eigenvalue weighted by Gasteiger charge is -2.26. The van der Waals surface area contributed by atoms with Crippen LogP contribution in [-0.4, -0.2) is 43.1 Å². The van der Waals surface area contributed by atoms with Crippen LogP contribution in [0.5, 0.6) is 0 Å². The molecule has 1 aliphatic rings. The van der Waals surface area contributed by atoms with E-state index >= 15 is 0 Å². The summed E-state index contributed by atoms with van der Waals surface area (Å²) in [4.78, 5) is 9.67. The van der Waals surface area contributed by atoms with Crippen molar-refractivity contribution >= 4 is 17.4 Å². The predicted octanol–water partition coefficient (Wildman–Crippen LogP) is 3.26. The average Bonchev–Trinajstić information content (AvgIpc) is 2.62. The van der Waals surface area contributed by atoms with E-state index in [0.29, 0.717) is 5.88 Å². The fourth-order valence-corrected chi connectivity index (χ4v) is 2.62. The number of nitrogens with zero attached hydrogens (tertiary/aromatic N) is 3. The summed E-state index contributed by atoms with van der Waals surface area (Å²) in [6, 6.07) is 4.29. The van der Waals surface area contributed by atoms with Crippen LogP contribution in [0.2, 0.25) is 0 Å². The molecule has 0 spiro atoms. The van der Waals surface area contributed by atoms with Gasteiger partial charge >= 0.3 is 0 Å². The molecule has 0 aromatic carbocycles. The summed E-state index contributed by atoms with van der Waals surface area (Å²) in [6.07, 6.45) is 1.19. The van der Waals surface area contributed by atoms with Crippen LogP contribution in [0.1, 0.15) is 38.4 Å². The van der Waals surface area contributed by atoms with Gasteiger partial charge in [0, 0.05) is 36.6 Å². The molecule has 0 unspecified atom stereocenters. The smallest absolute Gasteiger partial charge is 0.129 e. The molecule has 0 amide bonds. The Hall–Kier alpha value is -0.800. The highest BCUT2D eigenvalue weighted by Gasteiger charge is 2.20. The van der Waals surface area contributed by atoms with Crippen LogP contribution >= 0.6 is 11.6 Å². The zero-order valence-electron chi connectivity index (χ0n) is 13.1. The van der Waals surface area contributed by atoms with Gasteiger partial charge in [-0.2, -0.15) is 0 Å². The van der Waals surface area contributed by atoms with Crippen LogP contribution in [-0.2, 0) is 11.3 Å². The molecule has 1 aliphatic heterocycles. The van der Waals surface area contributed by atoms with Gasteiger partial charge in [0.25, 0.3) is 0 Å². The second kappa shape index (κ2) is 6.31. The molecule has 20 heavy (non-hydrogen) atoms. The molecule has 3 nitrogen and oxygen atoms in total. The van der Waals surface area contributed by atoms with Crippen molar-refractivity contribution in [1.29, 1.82) is 0 Å². The molecule has 2 heterocycles. The lowest BCUT2D eigenvalue weighted by Crippen LogP contribution is -2.30. The number of anilines is 1. The fraction of sp³-hybridized carbons (Fsp3) is 0.688. The van der Waals surface area contributed by atoms with E-state index in [2.05, 4.69) is 49.8 Å². The summed E-state index contributed by atoms with van der Waals surface area (Å²) in [5.74, 6) is 1.63. The van der Waals surface area contributed by atoms with Crippen LogP contribution in [0.25, 0.3) is 0 Å². The Bertz CT molecular complexity index is 454. The van der Waals surface area contributed by atoms with Gasteiger partial charge in [-0.25, -0.2) is 4.98 Å². The van der Waals surface area contributed by atoms with E-state index < -0.39 is 0 Å². The van der Waals surface area contributed by atoms with Crippen molar-refractivity contribution in [2.75, 3.05) is 38.1 Å². The standard InChI is InChI=1S/C16H26ClN3/c1-16(2,3)14-10-13(12-17)11-15(18-14)20-7-5-6-19(4)8-9-20/h10-11H,5-9,12H2,1-4H3. The maximum Gasteiger partial charge on any atom is 0.129 e. The first kappa shape index (κ1) is 15.6. The van der Waals surface area contributed by atoms with Gasteiger partial charge in [0.2, 0.25) is 0 Å². The first-order valence-corrected chi connectivity index (χ1v) is 7.94. The summed E-state index contributed by atoms with van der Waals surface area (Å²) in [5.41, 5.74) is 2.35. The number of hydrogen-bond acceptors (Lipinski definition) is 3. The summed E-state index contributed by atoms with van der Waals surface area (Å²) in [6.45, 7) is 11.0. The number of rotatable bonds is 2. The zero-order valence-corrected chi connectivity index (χ0v) is 13.9. The molecule has 0 aliphatic carbocycles. The van der Waals surface area contributed by atoms with E-state index in [1.165, 1.54) is 12.0 Å². The van der Waals surface area contributed by atoms with Gasteiger partial charge in [-0.15, -0.1) is 11.6 Å². The number of pyridine rings is 1. The molecular weight excluding hydrogens is 270 g/mol. The van der Waals surface area contributed by atoms with Gasteiger partial charge in [0.05, 0.1) is 0 Å². The molecule has 1 saturated heterocycles. The lowest BCUT2D eigenvalue weighted by atomic mass is 9.91. The summed E-state index contributed by atoms with van der Waals surface area (Å²) >= 11 is 6.06. The third-order valence-electron chi connectivity index (χ3n) is 3.84. The highest BCUT2D eigenvalue weighted by atomic mass is 35.5. The van der Waals surface area contributed by atoms with Crippen molar-refractivity contribution in [3.05, 3.63) is 23.4 Å². The van der Waals surface area contributed by atoms with E-state index in [9.17, 15) is 0 Å². The molecule has 112 valence electrons. The van der Waals surface area contributed by atoms with Gasteiger partial charge in [-0.05, 0) is 37.7 Å². The molecule has 0 bridgehead atoms. The van der Waals surface area contributed by atoms with Crippen LogP contribution in [0.3, 0.4) is 0 Å². The minimum absolute atomic E-state index is 0.0550. The number of aromatic nitrogens is 1. The first-order valence-electron chi connectivity index (χ1n) is 7.41. The normalized spacial score (nSPS) is 18.1. The summed E-state index contributed by atoms with van der Waals surface area (Å²) in [7, 11) is 2.19. The quantitative estimate of drug-likeness (QED) is 0.781. The highest BCUT2D eigenvalue weighted by Crippen LogP contribution is 2.26. The van der Waals surface area contributed by atoms with E-state index in [1.54, 1.807) is 0 Å². The second-order valence-corrected chi connectivity index (χ2v) is 7.01. The maximum absolute atomic E-state index is 6.06. The highest BCUT2D eigenvalue weighted by molar-refractivity contribution is 6.17. The van der Waals surface area contributed by atoms with E-state index in [0.717, 1.165) is 37.7 Å². The Morgan fingerprint density at radius 3 is 2.55 bits per heavy atom. The van der Waals surface area contributed by atoms with Crippen molar-refractivity contribution < 1.29 is 0 Å². The topological polar surface area (TPSA) is 19.4 Å². The molecular formula is C16H26ClN3. The number of hydrogen-bond donors (Lipinski definition) is 0. The van der Waals surface area contributed by atoms with Crippen molar-refractivity contribution in [2.45, 2.75) is 38.5 Å². The van der Waals surface area contributed by atoms with Crippen LogP contribution in [0, 0.1) is 0 Å². The summed E-state index contributed by atoms with van der Waals surface area (Å²) < 4.78 is 0. The Morgan fingerprint density at radius 2 is 1.90 bits per heavy atom. The molecule has 0 radical (unpaired) electrons. The second-order valence-electron chi connectivity index (χ2n) is 6.75. The van der Waals surface area contributed by atoms with Crippen molar-refractivity contribution in [2.24, 2.45) is 0 Å². The third kappa shape index (κ3) is 3.86. The Kier molecular flexibility index (Phi) is 4.92. The SMILES string of the molecule is CN1CCCN(c2cc(CCl)cc(C(C)(C)C)n2)CC1. The van der Waals surface area contributed by atoms with E-state index in [4.69, 9.17) is 16.6 Å². The largest absolute Gasteiger partial charge is 0.355 e. The van der Waals surface area contributed by atoms with Crippen LogP contribution in [0.15, 0.2) is 12.1 Å². The number of alkyl halides is 1. The number of likely N-dealkylation sites (N-methyl/N-ethyl adjacent to an activating group) is 1. The molecule has 0 atom stereocenters. The van der Waals surface area contributed by atoms with Gasteiger partial charge in [-0.3, -0.25) is 0 Å². The molecule has 0 N–H and O–H groups in total. The summed E-state index contributed by atoms with van der Waals surface area (Å²) in [5, 5.41) is 0. The van der Waals surface area contributed by atoms with Crippen LogP contribution in [0.4, 0.5) is 5.82 Å². The van der Waals surface area contributed by atoms with Gasteiger partial charge < -0.3 is 9.80 Å². The maximum atomic E-state index is 6.06. The van der Waals surface area contributed by atoms with E-state index in [1.807, 2.05) is 0 Å². The average molecular weight is 296 g/mol. The molecule has 4 heteroatoms. The van der Waals surface area contributed by atoms with Gasteiger partial charge in [0.15, 0.2) is 0 Å². The van der Waals surface area contributed by atoms with Crippen molar-refractivity contribution in [1.82, 2.24) is 9.88 Å². The fourth-order valence-electron chi connectivity index (χ4n) is 2.47. The van der Waals surface area contributed by atoms with E-state index in [-0.39, 0.29) is 5.41 Å². The molecule has 1 aromatic heterocycles. The minimum atomic E-state index is 0.0550. The minimum Gasteiger partial charge on any atom is -0.355 e. The Balaban J connectivity index is 2.30.